The van der Waals surface area contributed by atoms with E-state index in [0.29, 0.717) is 38.8 Å². The molecule has 1 amide bonds. The number of hydrazone groups is 1. The average molecular weight is 286 g/mol. The van der Waals surface area contributed by atoms with Crippen LogP contribution >= 0.6 is 0 Å². The molecule has 0 saturated carbocycles. The maximum Gasteiger partial charge on any atom is 0.416 e. The van der Waals surface area contributed by atoms with E-state index in [1.165, 1.54) is 4.90 Å². The van der Waals surface area contributed by atoms with Crippen molar-refractivity contribution in [2.45, 2.75) is 13.3 Å². The van der Waals surface area contributed by atoms with Gasteiger partial charge in [0.2, 0.25) is 0 Å². The van der Waals surface area contributed by atoms with Gasteiger partial charge in [-0.1, -0.05) is 0 Å². The number of hydrogen-bond acceptors (Lipinski definition) is 5. The van der Waals surface area contributed by atoms with E-state index in [4.69, 9.17) is 9.47 Å². The summed E-state index contributed by atoms with van der Waals surface area (Å²) in [6, 6.07) is 0. The highest BCUT2D eigenvalue weighted by molar-refractivity contribution is 5.95. The minimum Gasteiger partial charge on any atom is -0.449 e. The monoisotopic (exact) mass is 286 g/mol. The van der Waals surface area contributed by atoms with E-state index in [1.807, 2.05) is 0 Å². The molecule has 2 fully saturated rings. The zero-order chi connectivity index (χ0) is 14.5. The Morgan fingerprint density at radius 1 is 1.60 bits per heavy atom. The normalized spacial score (nSPS) is 24.4. The van der Waals surface area contributed by atoms with Gasteiger partial charge in [-0.3, -0.25) is 0 Å². The van der Waals surface area contributed by atoms with E-state index >= 15 is 0 Å². The van der Waals surface area contributed by atoms with Crippen LogP contribution in [0.1, 0.15) is 13.3 Å². The first kappa shape index (κ1) is 14.5. The second-order valence-electron chi connectivity index (χ2n) is 4.66. The Labute approximate surface area is 116 Å². The molecule has 2 heterocycles. The first-order valence-corrected chi connectivity index (χ1v) is 6.61. The van der Waals surface area contributed by atoms with Crippen LogP contribution in [0.4, 0.5) is 4.79 Å². The summed E-state index contributed by atoms with van der Waals surface area (Å²) in [6.45, 7) is 4.72. The molecule has 0 bridgehead atoms. The zero-order valence-corrected chi connectivity index (χ0v) is 11.4. The predicted octanol–water partition coefficient (Wildman–Crippen LogP) is 0.345. The SMILES string of the molecule is CCOC(=O)N1CCN(CC2CCOC2)C1=N[N+](=O)[O-]. The molecule has 0 aromatic rings. The number of rotatable bonds is 4. The zero-order valence-electron chi connectivity index (χ0n) is 11.4. The average Bonchev–Trinajstić information content (AvgIpc) is 3.01. The van der Waals surface area contributed by atoms with Crippen molar-refractivity contribution in [1.82, 2.24) is 9.80 Å². The van der Waals surface area contributed by atoms with Crippen LogP contribution in [-0.2, 0) is 9.47 Å². The summed E-state index contributed by atoms with van der Waals surface area (Å²) in [4.78, 5) is 25.4. The largest absolute Gasteiger partial charge is 0.449 e. The predicted molar refractivity (Wildman–Crippen MR) is 68.7 cm³/mol. The van der Waals surface area contributed by atoms with Crippen molar-refractivity contribution >= 4 is 12.1 Å². The molecule has 2 saturated heterocycles. The standard InChI is InChI=1S/C11H18N4O5/c1-2-20-11(16)14-5-4-13(10(14)12-15(17)18)7-9-3-6-19-8-9/h9H,2-8H2,1H3. The third-order valence-electron chi connectivity index (χ3n) is 3.28. The lowest BCUT2D eigenvalue weighted by atomic mass is 10.1. The molecule has 0 N–H and O–H groups in total. The molecule has 9 nitrogen and oxygen atoms in total. The van der Waals surface area contributed by atoms with E-state index in [1.54, 1.807) is 11.8 Å². The van der Waals surface area contributed by atoms with Gasteiger partial charge in [-0.15, -0.1) is 0 Å². The van der Waals surface area contributed by atoms with Gasteiger partial charge < -0.3 is 14.4 Å². The quantitative estimate of drug-likeness (QED) is 0.546. The van der Waals surface area contributed by atoms with Gasteiger partial charge in [0, 0.05) is 25.6 Å². The van der Waals surface area contributed by atoms with E-state index in [2.05, 4.69) is 5.10 Å². The molecule has 0 spiro atoms. The smallest absolute Gasteiger partial charge is 0.416 e. The molecule has 2 rings (SSSR count). The molecule has 20 heavy (non-hydrogen) atoms. The maximum atomic E-state index is 11.8. The van der Waals surface area contributed by atoms with Crippen LogP contribution in [0.2, 0.25) is 0 Å². The van der Waals surface area contributed by atoms with Crippen molar-refractivity contribution in [1.29, 1.82) is 0 Å². The number of nitrogens with zero attached hydrogens (tertiary/aromatic N) is 4. The van der Waals surface area contributed by atoms with E-state index in [0.717, 1.165) is 6.42 Å². The second kappa shape index (κ2) is 6.51. The Hall–Kier alpha value is -1.90. The summed E-state index contributed by atoms with van der Waals surface area (Å²) in [5.74, 6) is 0.370. The lowest BCUT2D eigenvalue weighted by Crippen LogP contribution is -2.40. The van der Waals surface area contributed by atoms with E-state index in [-0.39, 0.29) is 12.6 Å². The number of carbonyl (C=O) groups is 1. The number of hydrogen-bond donors (Lipinski definition) is 0. The lowest BCUT2D eigenvalue weighted by Gasteiger charge is -2.21. The maximum absolute atomic E-state index is 11.8. The van der Waals surface area contributed by atoms with Crippen molar-refractivity contribution in [3.05, 3.63) is 10.1 Å². The minimum atomic E-state index is -0.787. The fourth-order valence-corrected chi connectivity index (χ4v) is 2.37. The fourth-order valence-electron chi connectivity index (χ4n) is 2.37. The van der Waals surface area contributed by atoms with Gasteiger partial charge >= 0.3 is 6.09 Å². The molecular weight excluding hydrogens is 268 g/mol. The molecule has 2 aliphatic rings. The second-order valence-corrected chi connectivity index (χ2v) is 4.66. The number of amides is 1. The highest BCUT2D eigenvalue weighted by Gasteiger charge is 2.36. The van der Waals surface area contributed by atoms with Crippen LogP contribution < -0.4 is 0 Å². The Kier molecular flexibility index (Phi) is 4.72. The molecular formula is C11H18N4O5. The summed E-state index contributed by atoms with van der Waals surface area (Å²) in [5.41, 5.74) is 0. The molecule has 0 aliphatic carbocycles. The van der Waals surface area contributed by atoms with Crippen LogP contribution in [0.15, 0.2) is 5.10 Å². The molecule has 2 aliphatic heterocycles. The Morgan fingerprint density at radius 3 is 3.00 bits per heavy atom. The number of nitro groups is 1. The molecule has 0 aromatic carbocycles. The molecule has 0 radical (unpaired) electrons. The van der Waals surface area contributed by atoms with Crippen LogP contribution in [0.25, 0.3) is 0 Å². The molecule has 0 aromatic heterocycles. The van der Waals surface area contributed by atoms with Gasteiger partial charge in [-0.25, -0.2) is 19.8 Å². The minimum absolute atomic E-state index is 0.0559. The molecule has 112 valence electrons. The van der Waals surface area contributed by atoms with Gasteiger partial charge in [0.1, 0.15) is 5.10 Å². The third kappa shape index (κ3) is 3.35. The van der Waals surface area contributed by atoms with Crippen molar-refractivity contribution in [3.63, 3.8) is 0 Å². The van der Waals surface area contributed by atoms with E-state index < -0.39 is 11.1 Å². The number of carbonyl (C=O) groups excluding carboxylic acids is 1. The Morgan fingerprint density at radius 2 is 2.40 bits per heavy atom. The summed E-state index contributed by atoms with van der Waals surface area (Å²) in [7, 11) is 0. The van der Waals surface area contributed by atoms with Gasteiger partial charge in [-0.2, -0.15) is 0 Å². The first-order valence-electron chi connectivity index (χ1n) is 6.61. The first-order chi connectivity index (χ1) is 9.61. The van der Waals surface area contributed by atoms with Crippen LogP contribution in [0.5, 0.6) is 0 Å². The number of guanidine groups is 1. The molecule has 9 heteroatoms. The highest BCUT2D eigenvalue weighted by Crippen LogP contribution is 2.18. The van der Waals surface area contributed by atoms with Crippen molar-refractivity contribution < 1.29 is 19.3 Å². The summed E-state index contributed by atoms with van der Waals surface area (Å²) >= 11 is 0. The summed E-state index contributed by atoms with van der Waals surface area (Å²) < 4.78 is 10.2. The van der Waals surface area contributed by atoms with Gasteiger partial charge in [-0.05, 0) is 13.3 Å². The summed E-state index contributed by atoms with van der Waals surface area (Å²) in [6.07, 6.45) is 0.319. The van der Waals surface area contributed by atoms with Gasteiger partial charge in [0.05, 0.1) is 19.8 Å². The Bertz CT molecular complexity index is 408. The van der Waals surface area contributed by atoms with E-state index in [9.17, 15) is 14.9 Å². The van der Waals surface area contributed by atoms with Crippen LogP contribution in [0.3, 0.4) is 0 Å². The van der Waals surface area contributed by atoms with Crippen LogP contribution in [-0.4, -0.2) is 66.3 Å². The van der Waals surface area contributed by atoms with Crippen molar-refractivity contribution in [2.75, 3.05) is 39.5 Å². The fraction of sp³-hybridized carbons (Fsp3) is 0.818. The summed E-state index contributed by atoms with van der Waals surface area (Å²) in [5, 5.41) is 13.2. The van der Waals surface area contributed by atoms with Crippen molar-refractivity contribution in [3.8, 4) is 0 Å². The number of ether oxygens (including phenoxy) is 2. The topological polar surface area (TPSA) is 97.5 Å². The van der Waals surface area contributed by atoms with Crippen LogP contribution in [0, 0.1) is 16.0 Å². The molecule has 1 unspecified atom stereocenters. The molecule has 1 atom stereocenters. The van der Waals surface area contributed by atoms with Crippen molar-refractivity contribution in [2.24, 2.45) is 11.0 Å². The highest BCUT2D eigenvalue weighted by atomic mass is 16.7. The Balaban J connectivity index is 2.08. The van der Waals surface area contributed by atoms with Gasteiger partial charge in [0.25, 0.3) is 5.96 Å². The van der Waals surface area contributed by atoms with Gasteiger partial charge in [0.15, 0.2) is 5.03 Å². The lowest BCUT2D eigenvalue weighted by molar-refractivity contribution is -0.486. The third-order valence-corrected chi connectivity index (χ3v) is 3.28.